The molecule has 0 fully saturated rings. The van der Waals surface area contributed by atoms with Crippen LogP contribution in [0.1, 0.15) is 19.8 Å². The molecule has 0 aliphatic rings. The van der Waals surface area contributed by atoms with Crippen molar-refractivity contribution in [3.8, 4) is 0 Å². The third kappa shape index (κ3) is 11.9. The predicted molar refractivity (Wildman–Crippen MR) is 51.7 cm³/mol. The lowest BCUT2D eigenvalue weighted by molar-refractivity contribution is 0.0154. The molecule has 0 aromatic carbocycles. The molecule has 0 aromatic heterocycles. The monoisotopic (exact) mass is 188 g/mol. The molecule has 78 valence electrons. The van der Waals surface area contributed by atoms with Gasteiger partial charge in [0, 0.05) is 13.2 Å². The van der Waals surface area contributed by atoms with Crippen LogP contribution in [0.2, 0.25) is 0 Å². The van der Waals surface area contributed by atoms with Gasteiger partial charge in [-0.15, -0.1) is 0 Å². The molecular formula is C10H20O3. The lowest BCUT2D eigenvalue weighted by Gasteiger charge is -2.05. The average molecular weight is 188 g/mol. The van der Waals surface area contributed by atoms with Crippen molar-refractivity contribution in [2.45, 2.75) is 19.8 Å². The van der Waals surface area contributed by atoms with E-state index in [9.17, 15) is 0 Å². The molecule has 0 N–H and O–H groups in total. The summed E-state index contributed by atoms with van der Waals surface area (Å²) in [6, 6.07) is 0. The molecule has 3 heteroatoms. The first-order chi connectivity index (χ1) is 6.41. The van der Waals surface area contributed by atoms with Gasteiger partial charge < -0.3 is 14.2 Å². The van der Waals surface area contributed by atoms with E-state index in [1.807, 2.05) is 0 Å². The number of hydrogen-bond donors (Lipinski definition) is 0. The van der Waals surface area contributed by atoms with E-state index in [1.165, 1.54) is 0 Å². The zero-order valence-corrected chi connectivity index (χ0v) is 8.46. The van der Waals surface area contributed by atoms with Gasteiger partial charge in [0.25, 0.3) is 0 Å². The van der Waals surface area contributed by atoms with Crippen LogP contribution in [-0.2, 0) is 14.2 Å². The summed E-state index contributed by atoms with van der Waals surface area (Å²) in [5, 5.41) is 0. The Morgan fingerprint density at radius 2 is 1.23 bits per heavy atom. The second-order valence-corrected chi connectivity index (χ2v) is 2.63. The fraction of sp³-hybridized carbons (Fsp3) is 0.900. The summed E-state index contributed by atoms with van der Waals surface area (Å²) in [5.74, 6) is 0. The number of ether oxygens (including phenoxy) is 3. The highest BCUT2D eigenvalue weighted by Gasteiger charge is 1.89. The first kappa shape index (κ1) is 12.9. The largest absolute Gasteiger partial charge is 0.379 e. The molecule has 0 saturated carbocycles. The van der Waals surface area contributed by atoms with Crippen LogP contribution in [0.15, 0.2) is 0 Å². The first-order valence-corrected chi connectivity index (χ1v) is 4.85. The first-order valence-electron chi connectivity index (χ1n) is 4.85. The standard InChI is InChI=1S/C10H20O3/c1-3-5-11-7-9-13-10-8-12-6-4-2/h1H,3-10H2,2H3. The molecule has 0 unspecified atom stereocenters. The Bertz CT molecular complexity index is 76.2. The zero-order chi connectivity index (χ0) is 9.78. The molecular weight excluding hydrogens is 168 g/mol. The maximum atomic E-state index is 5.24. The van der Waals surface area contributed by atoms with E-state index in [2.05, 4.69) is 6.92 Å². The van der Waals surface area contributed by atoms with Crippen molar-refractivity contribution in [3.63, 3.8) is 0 Å². The van der Waals surface area contributed by atoms with Crippen molar-refractivity contribution in [1.29, 1.82) is 0 Å². The van der Waals surface area contributed by atoms with E-state index < -0.39 is 0 Å². The van der Waals surface area contributed by atoms with Crippen LogP contribution >= 0.6 is 0 Å². The van der Waals surface area contributed by atoms with Gasteiger partial charge in [-0.2, -0.15) is 0 Å². The number of hydrogen-bond acceptors (Lipinski definition) is 3. The molecule has 0 rings (SSSR count). The van der Waals surface area contributed by atoms with E-state index >= 15 is 0 Å². The average Bonchev–Trinajstić information content (AvgIpc) is 2.16. The maximum Gasteiger partial charge on any atom is 0.0701 e. The van der Waals surface area contributed by atoms with Crippen molar-refractivity contribution in [2.24, 2.45) is 0 Å². The summed E-state index contributed by atoms with van der Waals surface area (Å²) in [6.07, 6.45) is 1.62. The third-order valence-electron chi connectivity index (χ3n) is 1.35. The lowest BCUT2D eigenvalue weighted by atomic mass is 10.5. The Kier molecular flexibility index (Phi) is 11.8. The minimum Gasteiger partial charge on any atom is -0.379 e. The Morgan fingerprint density at radius 1 is 0.769 bits per heavy atom. The molecule has 0 spiro atoms. The zero-order valence-electron chi connectivity index (χ0n) is 8.46. The molecule has 0 aromatic rings. The van der Waals surface area contributed by atoms with E-state index in [0.29, 0.717) is 39.5 Å². The quantitative estimate of drug-likeness (QED) is 0.487. The molecule has 0 bridgehead atoms. The molecule has 0 saturated heterocycles. The van der Waals surface area contributed by atoms with Gasteiger partial charge in [-0.1, -0.05) is 6.92 Å². The van der Waals surface area contributed by atoms with E-state index in [4.69, 9.17) is 21.1 Å². The van der Waals surface area contributed by atoms with Gasteiger partial charge in [0.05, 0.1) is 26.4 Å². The van der Waals surface area contributed by atoms with Crippen molar-refractivity contribution in [1.82, 2.24) is 0 Å². The molecule has 0 heterocycles. The Balaban J connectivity index is 2.76. The third-order valence-corrected chi connectivity index (χ3v) is 1.35. The van der Waals surface area contributed by atoms with Crippen LogP contribution in [0, 0.1) is 6.92 Å². The second-order valence-electron chi connectivity index (χ2n) is 2.63. The number of rotatable bonds is 10. The molecule has 13 heavy (non-hydrogen) atoms. The van der Waals surface area contributed by atoms with Gasteiger partial charge >= 0.3 is 0 Å². The van der Waals surface area contributed by atoms with Gasteiger partial charge in [0.2, 0.25) is 0 Å². The Morgan fingerprint density at radius 3 is 1.69 bits per heavy atom. The summed E-state index contributed by atoms with van der Waals surface area (Å²) in [6.45, 7) is 11.3. The summed E-state index contributed by atoms with van der Waals surface area (Å²) in [5.41, 5.74) is 0. The molecule has 0 atom stereocenters. The summed E-state index contributed by atoms with van der Waals surface area (Å²) in [7, 11) is 0. The van der Waals surface area contributed by atoms with Gasteiger partial charge in [-0.3, -0.25) is 0 Å². The molecule has 0 aliphatic heterocycles. The van der Waals surface area contributed by atoms with Crippen LogP contribution in [0.4, 0.5) is 0 Å². The maximum absolute atomic E-state index is 5.24. The molecule has 0 aliphatic carbocycles. The van der Waals surface area contributed by atoms with Crippen molar-refractivity contribution in [3.05, 3.63) is 6.92 Å². The summed E-state index contributed by atoms with van der Waals surface area (Å²) in [4.78, 5) is 0. The highest BCUT2D eigenvalue weighted by molar-refractivity contribution is 4.37. The highest BCUT2D eigenvalue weighted by atomic mass is 16.5. The van der Waals surface area contributed by atoms with Crippen molar-refractivity contribution in [2.75, 3.05) is 39.6 Å². The SMILES string of the molecule is [CH]CCOCCOCCOCCC. The fourth-order valence-electron chi connectivity index (χ4n) is 0.770. The Hall–Kier alpha value is -0.120. The van der Waals surface area contributed by atoms with Crippen LogP contribution in [-0.4, -0.2) is 39.6 Å². The highest BCUT2D eigenvalue weighted by Crippen LogP contribution is 1.83. The van der Waals surface area contributed by atoms with Crippen molar-refractivity contribution >= 4 is 0 Å². The molecule has 2 radical (unpaired) electrons. The van der Waals surface area contributed by atoms with Crippen LogP contribution in [0.3, 0.4) is 0 Å². The summed E-state index contributed by atoms with van der Waals surface area (Å²) < 4.78 is 15.6. The smallest absolute Gasteiger partial charge is 0.0701 e. The minimum atomic E-state index is 0.569. The Labute approximate surface area is 81.4 Å². The molecule has 3 nitrogen and oxygen atoms in total. The molecule has 0 amide bonds. The van der Waals surface area contributed by atoms with E-state index in [1.54, 1.807) is 0 Å². The van der Waals surface area contributed by atoms with E-state index in [0.717, 1.165) is 13.0 Å². The van der Waals surface area contributed by atoms with Gasteiger partial charge in [0.1, 0.15) is 0 Å². The normalized spacial score (nSPS) is 10.6. The lowest BCUT2D eigenvalue weighted by Crippen LogP contribution is -2.09. The fourth-order valence-corrected chi connectivity index (χ4v) is 0.770. The van der Waals surface area contributed by atoms with Crippen molar-refractivity contribution < 1.29 is 14.2 Å². The topological polar surface area (TPSA) is 27.7 Å². The van der Waals surface area contributed by atoms with Gasteiger partial charge in [-0.25, -0.2) is 0 Å². The van der Waals surface area contributed by atoms with Crippen LogP contribution in [0.25, 0.3) is 0 Å². The van der Waals surface area contributed by atoms with Crippen LogP contribution < -0.4 is 0 Å². The van der Waals surface area contributed by atoms with Gasteiger partial charge in [-0.05, 0) is 19.8 Å². The minimum absolute atomic E-state index is 0.569. The van der Waals surface area contributed by atoms with Gasteiger partial charge in [0.15, 0.2) is 0 Å². The summed E-state index contributed by atoms with van der Waals surface area (Å²) >= 11 is 0. The van der Waals surface area contributed by atoms with E-state index in [-0.39, 0.29) is 0 Å². The second kappa shape index (κ2) is 11.9. The predicted octanol–water partition coefficient (Wildman–Crippen LogP) is 1.55. The van der Waals surface area contributed by atoms with Crippen LogP contribution in [0.5, 0.6) is 0 Å².